The average molecular weight is 288 g/mol. The van der Waals surface area contributed by atoms with Gasteiger partial charge < -0.3 is 10.4 Å². The van der Waals surface area contributed by atoms with Crippen LogP contribution in [0.2, 0.25) is 0 Å². The van der Waals surface area contributed by atoms with Crippen molar-refractivity contribution in [3.63, 3.8) is 0 Å². The standard InChI is InChI=1S/C16H20N2O3/c19-15(20)13-9-10-18(14-8-4-3-7-12(13)14)16(21)17-11-5-1-2-6-11/h3-4,7-8,11,13H,1-2,5-6,9-10H2,(H,17,21)(H,19,20). The molecule has 21 heavy (non-hydrogen) atoms. The molecule has 1 aromatic carbocycles. The maximum absolute atomic E-state index is 12.5. The molecule has 2 N–H and O–H groups in total. The second-order valence-electron chi connectivity index (χ2n) is 5.82. The molecule has 1 atom stereocenters. The predicted molar refractivity (Wildman–Crippen MR) is 79.6 cm³/mol. The van der Waals surface area contributed by atoms with Gasteiger partial charge in [-0.05, 0) is 30.9 Å². The Bertz CT molecular complexity index is 552. The van der Waals surface area contributed by atoms with Gasteiger partial charge in [0.1, 0.15) is 0 Å². The first-order chi connectivity index (χ1) is 10.2. The third-order valence-electron chi connectivity index (χ3n) is 4.47. The van der Waals surface area contributed by atoms with E-state index < -0.39 is 11.9 Å². The molecule has 5 heteroatoms. The normalized spacial score (nSPS) is 21.9. The molecule has 0 bridgehead atoms. The molecular formula is C16H20N2O3. The summed E-state index contributed by atoms with van der Waals surface area (Å²) in [7, 11) is 0. The number of rotatable bonds is 2. The molecule has 1 aromatic rings. The number of fused-ring (bicyclic) bond motifs is 1. The summed E-state index contributed by atoms with van der Waals surface area (Å²) in [4.78, 5) is 25.5. The highest BCUT2D eigenvalue weighted by molar-refractivity contribution is 5.95. The summed E-state index contributed by atoms with van der Waals surface area (Å²) < 4.78 is 0. The molecule has 3 rings (SSSR count). The fourth-order valence-corrected chi connectivity index (χ4v) is 3.35. The molecule has 0 spiro atoms. The van der Waals surface area contributed by atoms with E-state index in [2.05, 4.69) is 5.32 Å². The van der Waals surface area contributed by atoms with Gasteiger partial charge in [0.15, 0.2) is 0 Å². The Morgan fingerprint density at radius 3 is 2.57 bits per heavy atom. The Balaban J connectivity index is 1.81. The van der Waals surface area contributed by atoms with E-state index in [1.807, 2.05) is 24.3 Å². The van der Waals surface area contributed by atoms with Crippen molar-refractivity contribution in [3.8, 4) is 0 Å². The number of urea groups is 1. The minimum atomic E-state index is -0.821. The van der Waals surface area contributed by atoms with E-state index in [9.17, 15) is 14.7 Å². The number of benzene rings is 1. The smallest absolute Gasteiger partial charge is 0.322 e. The van der Waals surface area contributed by atoms with E-state index in [-0.39, 0.29) is 12.1 Å². The molecule has 1 heterocycles. The highest BCUT2D eigenvalue weighted by Gasteiger charge is 2.33. The lowest BCUT2D eigenvalue weighted by Gasteiger charge is -2.33. The van der Waals surface area contributed by atoms with Crippen molar-refractivity contribution in [2.24, 2.45) is 0 Å². The lowest BCUT2D eigenvalue weighted by atomic mass is 9.90. The van der Waals surface area contributed by atoms with Gasteiger partial charge in [-0.3, -0.25) is 9.69 Å². The fourth-order valence-electron chi connectivity index (χ4n) is 3.35. The van der Waals surface area contributed by atoms with Gasteiger partial charge >= 0.3 is 12.0 Å². The van der Waals surface area contributed by atoms with Crippen molar-refractivity contribution in [2.75, 3.05) is 11.4 Å². The maximum Gasteiger partial charge on any atom is 0.322 e. The second kappa shape index (κ2) is 5.76. The predicted octanol–water partition coefficient (Wildman–Crippen LogP) is 2.72. The Morgan fingerprint density at radius 1 is 1.14 bits per heavy atom. The topological polar surface area (TPSA) is 69.6 Å². The number of carbonyl (C=O) groups is 2. The van der Waals surface area contributed by atoms with Crippen LogP contribution in [0.1, 0.15) is 43.6 Å². The van der Waals surface area contributed by atoms with Crippen LogP contribution in [0.15, 0.2) is 24.3 Å². The molecule has 0 radical (unpaired) electrons. The van der Waals surface area contributed by atoms with E-state index in [4.69, 9.17) is 0 Å². The summed E-state index contributed by atoms with van der Waals surface area (Å²) in [5.41, 5.74) is 1.46. The largest absolute Gasteiger partial charge is 0.481 e. The van der Waals surface area contributed by atoms with Crippen LogP contribution in [0.3, 0.4) is 0 Å². The zero-order valence-corrected chi connectivity index (χ0v) is 11.9. The molecule has 112 valence electrons. The van der Waals surface area contributed by atoms with Gasteiger partial charge in [-0.25, -0.2) is 4.79 Å². The Hall–Kier alpha value is -2.04. The quantitative estimate of drug-likeness (QED) is 0.879. The number of aliphatic carboxylic acids is 1. The van der Waals surface area contributed by atoms with Crippen LogP contribution in [-0.2, 0) is 4.79 Å². The summed E-state index contributed by atoms with van der Waals surface area (Å²) in [6.07, 6.45) is 4.88. The van der Waals surface area contributed by atoms with Crippen molar-refractivity contribution in [1.82, 2.24) is 5.32 Å². The first-order valence-electron chi connectivity index (χ1n) is 7.56. The summed E-state index contributed by atoms with van der Waals surface area (Å²) >= 11 is 0. The average Bonchev–Trinajstić information content (AvgIpc) is 2.98. The zero-order chi connectivity index (χ0) is 14.8. The molecule has 2 amide bonds. The molecule has 1 aliphatic heterocycles. The summed E-state index contributed by atoms with van der Waals surface area (Å²) in [5.74, 6) is -1.34. The number of amides is 2. The number of carbonyl (C=O) groups excluding carboxylic acids is 1. The summed E-state index contributed by atoms with van der Waals surface area (Å²) in [5, 5.41) is 12.4. The highest BCUT2D eigenvalue weighted by Crippen LogP contribution is 2.35. The molecule has 1 fully saturated rings. The third-order valence-corrected chi connectivity index (χ3v) is 4.47. The molecular weight excluding hydrogens is 268 g/mol. The number of hydrogen-bond acceptors (Lipinski definition) is 2. The minimum absolute atomic E-state index is 0.0989. The maximum atomic E-state index is 12.5. The minimum Gasteiger partial charge on any atom is -0.481 e. The lowest BCUT2D eigenvalue weighted by Crippen LogP contribution is -2.47. The summed E-state index contributed by atoms with van der Waals surface area (Å²) in [6.45, 7) is 0.451. The third kappa shape index (κ3) is 2.73. The van der Waals surface area contributed by atoms with Gasteiger partial charge in [-0.2, -0.15) is 0 Å². The van der Waals surface area contributed by atoms with Crippen LogP contribution in [-0.4, -0.2) is 29.7 Å². The summed E-state index contributed by atoms with van der Waals surface area (Å²) in [6, 6.07) is 7.48. The molecule has 1 saturated carbocycles. The van der Waals surface area contributed by atoms with Crippen LogP contribution >= 0.6 is 0 Å². The van der Waals surface area contributed by atoms with Gasteiger partial charge in [0, 0.05) is 18.3 Å². The number of carboxylic acids is 1. The van der Waals surface area contributed by atoms with Gasteiger partial charge in [0.2, 0.25) is 0 Å². The second-order valence-corrected chi connectivity index (χ2v) is 5.82. The van der Waals surface area contributed by atoms with Crippen molar-refractivity contribution < 1.29 is 14.7 Å². The number of hydrogen-bond donors (Lipinski definition) is 2. The number of carboxylic acid groups (broad SMARTS) is 1. The van der Waals surface area contributed by atoms with Crippen LogP contribution in [0.5, 0.6) is 0 Å². The van der Waals surface area contributed by atoms with Crippen LogP contribution < -0.4 is 10.2 Å². The molecule has 2 aliphatic rings. The van der Waals surface area contributed by atoms with E-state index >= 15 is 0 Å². The van der Waals surface area contributed by atoms with Gasteiger partial charge in [-0.15, -0.1) is 0 Å². The molecule has 5 nitrogen and oxygen atoms in total. The van der Waals surface area contributed by atoms with E-state index in [1.54, 1.807) is 4.90 Å². The van der Waals surface area contributed by atoms with Gasteiger partial charge in [-0.1, -0.05) is 31.0 Å². The molecule has 1 aliphatic carbocycles. The Morgan fingerprint density at radius 2 is 1.86 bits per heavy atom. The van der Waals surface area contributed by atoms with Crippen LogP contribution in [0.4, 0.5) is 10.5 Å². The van der Waals surface area contributed by atoms with Crippen LogP contribution in [0, 0.1) is 0 Å². The molecule has 0 aromatic heterocycles. The molecule has 0 saturated heterocycles. The SMILES string of the molecule is O=C(O)C1CCN(C(=O)NC2CCCC2)c2ccccc21. The van der Waals surface area contributed by atoms with Crippen molar-refractivity contribution in [2.45, 2.75) is 44.1 Å². The fraction of sp³-hybridized carbons (Fsp3) is 0.500. The van der Waals surface area contributed by atoms with Crippen LogP contribution in [0.25, 0.3) is 0 Å². The molecule has 1 unspecified atom stereocenters. The number of nitrogens with one attached hydrogen (secondary N) is 1. The van der Waals surface area contributed by atoms with Crippen molar-refractivity contribution in [3.05, 3.63) is 29.8 Å². The Kier molecular flexibility index (Phi) is 3.82. The van der Waals surface area contributed by atoms with E-state index in [0.717, 1.165) is 24.1 Å². The van der Waals surface area contributed by atoms with E-state index in [0.29, 0.717) is 13.0 Å². The number of anilines is 1. The Labute approximate surface area is 123 Å². The first-order valence-corrected chi connectivity index (χ1v) is 7.56. The zero-order valence-electron chi connectivity index (χ0n) is 11.9. The van der Waals surface area contributed by atoms with Gasteiger partial charge in [0.05, 0.1) is 5.92 Å². The monoisotopic (exact) mass is 288 g/mol. The van der Waals surface area contributed by atoms with Crippen molar-refractivity contribution >= 4 is 17.7 Å². The van der Waals surface area contributed by atoms with Crippen molar-refractivity contribution in [1.29, 1.82) is 0 Å². The number of para-hydroxylation sites is 1. The lowest BCUT2D eigenvalue weighted by molar-refractivity contribution is -0.139. The van der Waals surface area contributed by atoms with E-state index in [1.165, 1.54) is 12.8 Å². The van der Waals surface area contributed by atoms with Gasteiger partial charge in [0.25, 0.3) is 0 Å². The first kappa shape index (κ1) is 13.9. The number of nitrogens with zero attached hydrogens (tertiary/aromatic N) is 1. The highest BCUT2D eigenvalue weighted by atomic mass is 16.4.